The second kappa shape index (κ2) is 5.71. The van der Waals surface area contributed by atoms with Gasteiger partial charge in [0.1, 0.15) is 0 Å². The summed E-state index contributed by atoms with van der Waals surface area (Å²) in [5.74, 6) is -1.16. The van der Waals surface area contributed by atoms with Gasteiger partial charge in [0, 0.05) is 17.3 Å². The maximum Gasteiger partial charge on any atom is 0.336 e. The van der Waals surface area contributed by atoms with E-state index in [1.807, 2.05) is 0 Å². The van der Waals surface area contributed by atoms with Gasteiger partial charge in [-0.25, -0.2) is 9.59 Å². The molecule has 1 atom stereocenters. The summed E-state index contributed by atoms with van der Waals surface area (Å²) in [5, 5.41) is 3.02. The molecule has 100 valence electrons. The molecule has 0 saturated carbocycles. The van der Waals surface area contributed by atoms with Gasteiger partial charge in [-0.15, -0.1) is 0 Å². The van der Waals surface area contributed by atoms with E-state index in [9.17, 15) is 9.59 Å². The molecule has 0 aliphatic carbocycles. The summed E-state index contributed by atoms with van der Waals surface area (Å²) in [6.45, 7) is 7.43. The fourth-order valence-electron chi connectivity index (χ4n) is 2.19. The zero-order valence-corrected chi connectivity index (χ0v) is 11.4. The zero-order valence-electron chi connectivity index (χ0n) is 11.4. The zero-order chi connectivity index (χ0) is 13.9. The number of allylic oxidation sites excluding steroid dienone is 2. The Bertz CT molecular complexity index is 434. The van der Waals surface area contributed by atoms with Gasteiger partial charge in [0.15, 0.2) is 0 Å². The highest BCUT2D eigenvalue weighted by Crippen LogP contribution is 2.30. The third-order valence-electron chi connectivity index (χ3n) is 2.95. The van der Waals surface area contributed by atoms with Gasteiger partial charge in [-0.05, 0) is 20.8 Å². The number of methoxy groups -OCH3 is 1. The van der Waals surface area contributed by atoms with E-state index in [0.717, 1.165) is 0 Å². The average Bonchev–Trinajstić information content (AvgIpc) is 2.28. The molecule has 5 heteroatoms. The van der Waals surface area contributed by atoms with E-state index in [4.69, 9.17) is 9.47 Å². The van der Waals surface area contributed by atoms with Gasteiger partial charge in [0.25, 0.3) is 0 Å². The Kier molecular flexibility index (Phi) is 4.53. The van der Waals surface area contributed by atoms with Crippen LogP contribution >= 0.6 is 0 Å². The van der Waals surface area contributed by atoms with Crippen LogP contribution in [0.25, 0.3) is 0 Å². The normalized spacial score (nSPS) is 19.5. The number of carbonyl (C=O) groups excluding carboxylic acids is 2. The van der Waals surface area contributed by atoms with Crippen LogP contribution in [0.15, 0.2) is 22.5 Å². The van der Waals surface area contributed by atoms with E-state index in [0.29, 0.717) is 29.1 Å². The lowest BCUT2D eigenvalue weighted by Gasteiger charge is -2.27. The first-order valence-corrected chi connectivity index (χ1v) is 5.88. The van der Waals surface area contributed by atoms with Crippen molar-refractivity contribution in [2.75, 3.05) is 13.7 Å². The fourth-order valence-corrected chi connectivity index (χ4v) is 2.19. The van der Waals surface area contributed by atoms with E-state index >= 15 is 0 Å². The first-order valence-electron chi connectivity index (χ1n) is 5.88. The van der Waals surface area contributed by atoms with Crippen molar-refractivity contribution >= 4 is 11.9 Å². The van der Waals surface area contributed by atoms with Crippen molar-refractivity contribution in [1.82, 2.24) is 5.32 Å². The summed E-state index contributed by atoms with van der Waals surface area (Å²) in [5.41, 5.74) is 2.36. The highest BCUT2D eigenvalue weighted by molar-refractivity contribution is 5.97. The lowest BCUT2D eigenvalue weighted by molar-refractivity contribution is -0.139. The minimum absolute atomic E-state index is 0.304. The van der Waals surface area contributed by atoms with Gasteiger partial charge < -0.3 is 14.8 Å². The quantitative estimate of drug-likeness (QED) is 0.772. The van der Waals surface area contributed by atoms with Crippen LogP contribution in [-0.2, 0) is 19.1 Å². The van der Waals surface area contributed by atoms with E-state index in [2.05, 4.69) is 5.32 Å². The molecule has 1 unspecified atom stereocenters. The number of esters is 2. The summed E-state index contributed by atoms with van der Waals surface area (Å²) in [4.78, 5) is 23.6. The van der Waals surface area contributed by atoms with E-state index in [1.165, 1.54) is 7.11 Å². The van der Waals surface area contributed by atoms with Crippen LogP contribution in [0.1, 0.15) is 27.7 Å². The molecule has 0 saturated heterocycles. The molecule has 0 aromatic carbocycles. The molecule has 0 fully saturated rings. The molecule has 18 heavy (non-hydrogen) atoms. The molecule has 1 rings (SSSR count). The van der Waals surface area contributed by atoms with Crippen molar-refractivity contribution in [3.05, 3.63) is 22.5 Å². The molecule has 1 aliphatic rings. The number of carbonyl (C=O) groups is 2. The Morgan fingerprint density at radius 1 is 1.17 bits per heavy atom. The number of hydrogen-bond donors (Lipinski definition) is 1. The van der Waals surface area contributed by atoms with Gasteiger partial charge in [-0.2, -0.15) is 0 Å². The minimum Gasteiger partial charge on any atom is -0.466 e. The molecule has 0 radical (unpaired) electrons. The maximum absolute atomic E-state index is 11.9. The molecular formula is C13H19NO4. The van der Waals surface area contributed by atoms with Gasteiger partial charge in [-0.1, -0.05) is 6.92 Å². The molecule has 0 spiro atoms. The molecule has 0 amide bonds. The lowest BCUT2D eigenvalue weighted by Crippen LogP contribution is -2.32. The van der Waals surface area contributed by atoms with Crippen molar-refractivity contribution < 1.29 is 19.1 Å². The predicted octanol–water partition coefficient (Wildman–Crippen LogP) is 1.51. The third kappa shape index (κ3) is 2.55. The van der Waals surface area contributed by atoms with Crippen molar-refractivity contribution in [2.24, 2.45) is 5.92 Å². The lowest BCUT2D eigenvalue weighted by atomic mass is 9.87. The molecule has 1 N–H and O–H groups in total. The number of rotatable bonds is 3. The molecular weight excluding hydrogens is 234 g/mol. The van der Waals surface area contributed by atoms with Crippen LogP contribution in [0.2, 0.25) is 0 Å². The van der Waals surface area contributed by atoms with Gasteiger partial charge in [0.05, 0.1) is 24.9 Å². The minimum atomic E-state index is -0.429. The van der Waals surface area contributed by atoms with E-state index < -0.39 is 11.9 Å². The van der Waals surface area contributed by atoms with E-state index in [1.54, 1.807) is 27.7 Å². The van der Waals surface area contributed by atoms with Crippen LogP contribution < -0.4 is 5.32 Å². The van der Waals surface area contributed by atoms with Crippen LogP contribution in [-0.4, -0.2) is 25.7 Å². The van der Waals surface area contributed by atoms with Crippen molar-refractivity contribution in [3.8, 4) is 0 Å². The molecule has 0 aromatic heterocycles. The second-order valence-corrected chi connectivity index (χ2v) is 4.14. The molecule has 0 bridgehead atoms. The van der Waals surface area contributed by atoms with Crippen LogP contribution in [0.3, 0.4) is 0 Å². The van der Waals surface area contributed by atoms with Crippen LogP contribution in [0, 0.1) is 5.92 Å². The summed E-state index contributed by atoms with van der Waals surface area (Å²) >= 11 is 0. The number of hydrogen-bond acceptors (Lipinski definition) is 5. The number of dihydropyridines is 1. The topological polar surface area (TPSA) is 64.6 Å². The van der Waals surface area contributed by atoms with Gasteiger partial charge in [-0.3, -0.25) is 0 Å². The van der Waals surface area contributed by atoms with Crippen LogP contribution in [0.4, 0.5) is 0 Å². The summed E-state index contributed by atoms with van der Waals surface area (Å²) in [6.07, 6.45) is 0. The second-order valence-electron chi connectivity index (χ2n) is 4.14. The Morgan fingerprint density at radius 3 is 2.11 bits per heavy atom. The first-order chi connectivity index (χ1) is 8.43. The summed E-state index contributed by atoms with van der Waals surface area (Å²) in [7, 11) is 1.32. The van der Waals surface area contributed by atoms with Gasteiger partial charge in [0.2, 0.25) is 0 Å². The van der Waals surface area contributed by atoms with Crippen LogP contribution in [0.5, 0.6) is 0 Å². The Balaban J connectivity index is 3.12. The monoisotopic (exact) mass is 253 g/mol. The smallest absolute Gasteiger partial charge is 0.336 e. The molecule has 1 heterocycles. The largest absolute Gasteiger partial charge is 0.466 e. The molecule has 5 nitrogen and oxygen atoms in total. The highest BCUT2D eigenvalue weighted by atomic mass is 16.5. The summed E-state index contributed by atoms with van der Waals surface area (Å²) in [6, 6.07) is 0. The highest BCUT2D eigenvalue weighted by Gasteiger charge is 2.33. The Labute approximate surface area is 107 Å². The maximum atomic E-state index is 11.9. The third-order valence-corrected chi connectivity index (χ3v) is 2.95. The first kappa shape index (κ1) is 14.3. The number of nitrogens with one attached hydrogen (secondary N) is 1. The predicted molar refractivity (Wildman–Crippen MR) is 66.3 cm³/mol. The van der Waals surface area contributed by atoms with Crippen molar-refractivity contribution in [2.45, 2.75) is 27.7 Å². The Hall–Kier alpha value is -1.78. The molecule has 1 aliphatic heterocycles. The SMILES string of the molecule is CCOC(=O)C1=C(C)NC(C)=C(C(=O)OC)C1C. The van der Waals surface area contributed by atoms with Crippen molar-refractivity contribution in [3.63, 3.8) is 0 Å². The average molecular weight is 253 g/mol. The van der Waals surface area contributed by atoms with Gasteiger partial charge >= 0.3 is 11.9 Å². The standard InChI is InChI=1S/C13H19NO4/c1-6-18-13(16)11-7(2)10(12(15)17-5)8(3)14-9(11)4/h7,14H,6H2,1-5H3. The fraction of sp³-hybridized carbons (Fsp3) is 0.538. The van der Waals surface area contributed by atoms with E-state index in [-0.39, 0.29) is 5.92 Å². The molecule has 0 aromatic rings. The number of ether oxygens (including phenoxy) is 2. The summed E-state index contributed by atoms with van der Waals surface area (Å²) < 4.78 is 9.75. The van der Waals surface area contributed by atoms with Crippen molar-refractivity contribution in [1.29, 1.82) is 0 Å². The Morgan fingerprint density at radius 2 is 1.67 bits per heavy atom.